The van der Waals surface area contributed by atoms with Gasteiger partial charge in [-0.15, -0.1) is 0 Å². The van der Waals surface area contributed by atoms with Crippen LogP contribution >= 0.6 is 0 Å². The van der Waals surface area contributed by atoms with E-state index in [9.17, 15) is 14.9 Å². The van der Waals surface area contributed by atoms with E-state index >= 15 is 0 Å². The quantitative estimate of drug-likeness (QED) is 0.522. The highest BCUT2D eigenvalue weighted by Crippen LogP contribution is 2.31. The van der Waals surface area contributed by atoms with Crippen LogP contribution in [0.4, 0.5) is 17.1 Å². The molecule has 2 fully saturated rings. The first-order valence-corrected chi connectivity index (χ1v) is 10.9. The molecule has 0 saturated carbocycles. The number of hydrogen-bond acceptors (Lipinski definition) is 7. The lowest BCUT2D eigenvalue weighted by Gasteiger charge is -2.36. The van der Waals surface area contributed by atoms with Gasteiger partial charge in [0.2, 0.25) is 0 Å². The molecule has 1 N–H and O–H groups in total. The molecule has 9 nitrogen and oxygen atoms in total. The molecule has 2 aromatic rings. The van der Waals surface area contributed by atoms with Crippen molar-refractivity contribution in [1.29, 1.82) is 0 Å². The highest BCUT2D eigenvalue weighted by Gasteiger charge is 2.24. The number of nitrogens with zero attached hydrogens (tertiary/aromatic N) is 3. The number of methoxy groups -OCH3 is 1. The fourth-order valence-corrected chi connectivity index (χ4v) is 4.13. The highest BCUT2D eigenvalue weighted by atomic mass is 16.6. The van der Waals surface area contributed by atoms with Gasteiger partial charge in [0.25, 0.3) is 11.6 Å². The van der Waals surface area contributed by atoms with E-state index < -0.39 is 0 Å². The van der Waals surface area contributed by atoms with Crippen LogP contribution < -0.4 is 15.0 Å². The standard InChI is InChI=1S/C23H28N4O5/c1-31-19-7-4-17(5-8-19)23(28)26-12-10-25(11-13-26)18-6-9-22(27(29)30)21(15-18)24-16-20-3-2-14-32-20/h4-9,15,20,24H,2-3,10-14,16H2,1H3. The molecule has 32 heavy (non-hydrogen) atoms. The first-order chi connectivity index (χ1) is 15.5. The van der Waals surface area contributed by atoms with E-state index in [0.29, 0.717) is 49.7 Å². The van der Waals surface area contributed by atoms with Crippen LogP contribution in [0.3, 0.4) is 0 Å². The first-order valence-electron chi connectivity index (χ1n) is 10.9. The summed E-state index contributed by atoms with van der Waals surface area (Å²) in [5.74, 6) is 0.711. The Balaban J connectivity index is 1.40. The Labute approximate surface area is 187 Å². The van der Waals surface area contributed by atoms with Crippen molar-refractivity contribution in [2.75, 3.05) is 56.7 Å². The Kier molecular flexibility index (Phi) is 6.75. The molecule has 2 heterocycles. The summed E-state index contributed by atoms with van der Waals surface area (Å²) in [6, 6.07) is 12.3. The lowest BCUT2D eigenvalue weighted by Crippen LogP contribution is -2.48. The van der Waals surface area contributed by atoms with E-state index in [4.69, 9.17) is 9.47 Å². The summed E-state index contributed by atoms with van der Waals surface area (Å²) in [6.45, 7) is 3.78. The number of carbonyl (C=O) groups excluding carboxylic acids is 1. The van der Waals surface area contributed by atoms with Gasteiger partial charge in [-0.05, 0) is 49.2 Å². The minimum absolute atomic E-state index is 0.00470. The number of amides is 1. The Hall–Kier alpha value is -3.33. The molecule has 1 atom stereocenters. The van der Waals surface area contributed by atoms with Crippen molar-refractivity contribution in [1.82, 2.24) is 4.90 Å². The van der Waals surface area contributed by atoms with Gasteiger partial charge < -0.3 is 24.6 Å². The zero-order chi connectivity index (χ0) is 22.5. The van der Waals surface area contributed by atoms with Gasteiger partial charge in [-0.25, -0.2) is 0 Å². The second-order valence-corrected chi connectivity index (χ2v) is 7.98. The van der Waals surface area contributed by atoms with Crippen LogP contribution in [0.2, 0.25) is 0 Å². The summed E-state index contributed by atoms with van der Waals surface area (Å²) >= 11 is 0. The summed E-state index contributed by atoms with van der Waals surface area (Å²) in [5.41, 5.74) is 2.09. The third-order valence-electron chi connectivity index (χ3n) is 5.99. The lowest BCUT2D eigenvalue weighted by molar-refractivity contribution is -0.383. The molecule has 170 valence electrons. The third-order valence-corrected chi connectivity index (χ3v) is 5.99. The van der Waals surface area contributed by atoms with E-state index in [1.807, 2.05) is 11.0 Å². The maximum absolute atomic E-state index is 12.8. The monoisotopic (exact) mass is 440 g/mol. The predicted octanol–water partition coefficient (Wildman–Crippen LogP) is 3.16. The second-order valence-electron chi connectivity index (χ2n) is 7.98. The minimum atomic E-state index is -0.368. The molecule has 2 aliphatic rings. The van der Waals surface area contributed by atoms with Gasteiger partial charge in [-0.2, -0.15) is 0 Å². The van der Waals surface area contributed by atoms with Crippen molar-refractivity contribution in [3.05, 3.63) is 58.1 Å². The molecular formula is C23H28N4O5. The number of rotatable bonds is 7. The molecule has 2 aliphatic heterocycles. The largest absolute Gasteiger partial charge is 0.497 e. The number of piperazine rings is 1. The van der Waals surface area contributed by atoms with Crippen LogP contribution in [0.15, 0.2) is 42.5 Å². The van der Waals surface area contributed by atoms with Crippen LogP contribution in [0.1, 0.15) is 23.2 Å². The number of hydrogen-bond donors (Lipinski definition) is 1. The van der Waals surface area contributed by atoms with Crippen molar-refractivity contribution in [3.8, 4) is 5.75 Å². The maximum atomic E-state index is 12.8. The van der Waals surface area contributed by atoms with Crippen LogP contribution in [0.5, 0.6) is 5.75 Å². The molecule has 2 aromatic carbocycles. The van der Waals surface area contributed by atoms with Gasteiger partial charge in [0, 0.05) is 56.6 Å². The van der Waals surface area contributed by atoms with Gasteiger partial charge in [0.15, 0.2) is 0 Å². The normalized spacial score (nSPS) is 18.5. The van der Waals surface area contributed by atoms with E-state index in [2.05, 4.69) is 10.2 Å². The summed E-state index contributed by atoms with van der Waals surface area (Å²) in [6.07, 6.45) is 2.07. The van der Waals surface area contributed by atoms with Crippen LogP contribution in [-0.2, 0) is 4.74 Å². The molecule has 0 aliphatic carbocycles. The van der Waals surface area contributed by atoms with Gasteiger partial charge in [0.05, 0.1) is 18.1 Å². The highest BCUT2D eigenvalue weighted by molar-refractivity contribution is 5.94. The second kappa shape index (κ2) is 9.86. The number of anilines is 2. The smallest absolute Gasteiger partial charge is 0.292 e. The zero-order valence-electron chi connectivity index (χ0n) is 18.2. The van der Waals surface area contributed by atoms with Crippen molar-refractivity contribution < 1.29 is 19.2 Å². The summed E-state index contributed by atoms with van der Waals surface area (Å²) in [4.78, 5) is 27.9. The van der Waals surface area contributed by atoms with Crippen LogP contribution in [-0.4, -0.2) is 68.3 Å². The van der Waals surface area contributed by atoms with Crippen molar-refractivity contribution in [2.24, 2.45) is 0 Å². The van der Waals surface area contributed by atoms with Gasteiger partial charge in [0.1, 0.15) is 11.4 Å². The zero-order valence-corrected chi connectivity index (χ0v) is 18.2. The number of nitro groups is 1. The Morgan fingerprint density at radius 1 is 1.19 bits per heavy atom. The number of carbonyl (C=O) groups is 1. The van der Waals surface area contributed by atoms with E-state index in [1.54, 1.807) is 43.5 Å². The third kappa shape index (κ3) is 4.94. The SMILES string of the molecule is COc1ccc(C(=O)N2CCN(c3ccc([N+](=O)[O-])c(NCC4CCCO4)c3)CC2)cc1. The van der Waals surface area contributed by atoms with Crippen LogP contribution in [0.25, 0.3) is 0 Å². The number of nitro benzene ring substituents is 1. The lowest BCUT2D eigenvalue weighted by atomic mass is 10.1. The molecule has 0 radical (unpaired) electrons. The summed E-state index contributed by atoms with van der Waals surface area (Å²) < 4.78 is 10.8. The molecule has 1 amide bonds. The van der Waals surface area contributed by atoms with E-state index in [-0.39, 0.29) is 22.6 Å². The average Bonchev–Trinajstić information content (AvgIpc) is 3.36. The Morgan fingerprint density at radius 3 is 2.56 bits per heavy atom. The fraction of sp³-hybridized carbons (Fsp3) is 0.435. The molecule has 1 unspecified atom stereocenters. The van der Waals surface area contributed by atoms with Gasteiger partial charge in [-0.1, -0.05) is 0 Å². The molecular weight excluding hydrogens is 412 g/mol. The van der Waals surface area contributed by atoms with Crippen molar-refractivity contribution in [2.45, 2.75) is 18.9 Å². The van der Waals surface area contributed by atoms with Gasteiger partial charge in [-0.3, -0.25) is 14.9 Å². The molecule has 9 heteroatoms. The van der Waals surface area contributed by atoms with Gasteiger partial charge >= 0.3 is 0 Å². The number of ether oxygens (including phenoxy) is 2. The fourth-order valence-electron chi connectivity index (χ4n) is 4.13. The molecule has 2 saturated heterocycles. The van der Waals surface area contributed by atoms with Crippen molar-refractivity contribution >= 4 is 23.0 Å². The van der Waals surface area contributed by atoms with E-state index in [0.717, 1.165) is 25.1 Å². The topological polar surface area (TPSA) is 97.2 Å². The van der Waals surface area contributed by atoms with Crippen molar-refractivity contribution in [3.63, 3.8) is 0 Å². The number of benzene rings is 2. The molecule has 4 rings (SSSR count). The molecule has 0 spiro atoms. The first kappa shape index (κ1) is 21.9. The minimum Gasteiger partial charge on any atom is -0.497 e. The Bertz CT molecular complexity index is 951. The molecule has 0 aromatic heterocycles. The maximum Gasteiger partial charge on any atom is 0.292 e. The van der Waals surface area contributed by atoms with E-state index in [1.165, 1.54) is 0 Å². The van der Waals surface area contributed by atoms with Crippen LogP contribution in [0, 0.1) is 10.1 Å². The average molecular weight is 441 g/mol. The predicted molar refractivity (Wildman–Crippen MR) is 122 cm³/mol. The Morgan fingerprint density at radius 2 is 1.94 bits per heavy atom. The summed E-state index contributed by atoms with van der Waals surface area (Å²) in [5, 5.41) is 14.7. The summed E-state index contributed by atoms with van der Waals surface area (Å²) in [7, 11) is 1.59. The molecule has 0 bridgehead atoms. The number of nitrogens with one attached hydrogen (secondary N) is 1.